The van der Waals surface area contributed by atoms with Crippen LogP contribution < -0.4 is 5.32 Å². The number of carbonyl (C=O) groups is 2. The number of carbonyl (C=O) groups excluding carboxylic acids is 1. The molecule has 2 aromatic heterocycles. The number of H-pyrrole nitrogens is 2. The second kappa shape index (κ2) is 19.1. The first kappa shape index (κ1) is 49.2. The van der Waals surface area contributed by atoms with Gasteiger partial charge in [-0.1, -0.05) is 36.4 Å². The van der Waals surface area contributed by atoms with Crippen molar-refractivity contribution in [1.82, 2.24) is 30.2 Å². The maximum absolute atomic E-state index is 15.3. The van der Waals surface area contributed by atoms with Gasteiger partial charge >= 0.3 is 5.97 Å². The third kappa shape index (κ3) is 9.53. The molecule has 4 aliphatic heterocycles. The Morgan fingerprint density at radius 1 is 0.662 bits per heavy atom. The Labute approximate surface area is 400 Å². The number of imidazole rings is 2. The molecule has 16 heteroatoms. The zero-order chi connectivity index (χ0) is 47.9. The minimum atomic E-state index is -1.59. The Kier molecular flexibility index (Phi) is 13.8. The molecule has 352 valence electrons. The van der Waals surface area contributed by atoms with Gasteiger partial charge in [0.1, 0.15) is 11.6 Å². The predicted molar refractivity (Wildman–Crippen MR) is 254 cm³/mol. The van der Waals surface area contributed by atoms with Crippen molar-refractivity contribution in [2.75, 3.05) is 52.6 Å². The molecular weight excluding hydrogens is 890 g/mol. The quantitative estimate of drug-likeness (QED) is 0.115. The third-order valence-electron chi connectivity index (χ3n) is 13.1. The number of nitrogens with zero attached hydrogens (tertiary/aromatic N) is 5. The lowest BCUT2D eigenvalue weighted by molar-refractivity contribution is -0.0539. The molecule has 13 nitrogen and oxygen atoms in total. The molecule has 6 aromatic rings. The number of carboxylic acids is 1. The normalized spacial score (nSPS) is 17.5. The van der Waals surface area contributed by atoms with E-state index in [1.807, 2.05) is 58.0 Å². The number of ether oxygens (including phenoxy) is 2. The fraction of sp³-hybridized carbons (Fsp3) is 0.346. The number of aromatic nitrogens is 4. The lowest BCUT2D eigenvalue weighted by atomic mass is 9.87. The molecule has 4 fully saturated rings. The number of alkyl halides is 2. The molecule has 0 saturated carbocycles. The maximum atomic E-state index is 15.3. The molecule has 4 saturated heterocycles. The molecule has 0 unspecified atom stereocenters. The number of aromatic amines is 2. The summed E-state index contributed by atoms with van der Waals surface area (Å²) >= 11 is 0. The zero-order valence-corrected chi connectivity index (χ0v) is 39.5. The molecule has 0 spiro atoms. The van der Waals surface area contributed by atoms with Crippen molar-refractivity contribution >= 4 is 24.3 Å². The topological polar surface area (TPSA) is 193 Å². The van der Waals surface area contributed by atoms with E-state index < -0.39 is 17.3 Å². The molecule has 4 aromatic carbocycles. The van der Waals surface area contributed by atoms with E-state index in [9.17, 15) is 14.0 Å². The van der Waals surface area contributed by atoms with Gasteiger partial charge in [-0.3, -0.25) is 4.79 Å². The highest BCUT2D eigenvalue weighted by Gasteiger charge is 2.47. The van der Waals surface area contributed by atoms with E-state index in [1.54, 1.807) is 66.7 Å². The second-order valence-corrected chi connectivity index (χ2v) is 18.7. The van der Waals surface area contributed by atoms with Gasteiger partial charge in [-0.25, -0.2) is 23.5 Å². The van der Waals surface area contributed by atoms with Gasteiger partial charge in [-0.15, -0.1) is 12.4 Å². The maximum Gasteiger partial charge on any atom is 0.335 e. The average molecular weight is 943 g/mol. The fourth-order valence-corrected chi connectivity index (χ4v) is 8.43. The summed E-state index contributed by atoms with van der Waals surface area (Å²) in [6, 6.07) is 27.8. The number of aryl methyl sites for hydroxylation is 4. The number of benzene rings is 4. The molecule has 68 heavy (non-hydrogen) atoms. The van der Waals surface area contributed by atoms with Crippen molar-refractivity contribution in [3.63, 3.8) is 0 Å². The molecule has 4 N–H and O–H groups in total. The first-order valence-corrected chi connectivity index (χ1v) is 22.0. The lowest BCUT2D eigenvalue weighted by Gasteiger charge is -2.44. The summed E-state index contributed by atoms with van der Waals surface area (Å²) in [4.78, 5) is 42.1. The number of carboxylic acid groups (broad SMARTS) is 1. The van der Waals surface area contributed by atoms with Gasteiger partial charge in [0.2, 0.25) is 0 Å². The predicted octanol–water partition coefficient (Wildman–Crippen LogP) is 8.60. The number of likely N-dealkylation sites (tertiary alicyclic amines) is 1. The number of amides is 1. The highest BCUT2D eigenvalue weighted by Crippen LogP contribution is 2.39. The minimum absolute atomic E-state index is 0. The standard InChI is InChI=1S/C26H25FN4O2.C16H18N2O3.C10H9FN2.ClH/c1-16-4-7-19(10-21(16)22-17(2)29-24(30-22)25(3)14-33-15-25)23(32)31-12-26(27,13-31)20-8-5-18(11-28)6-9-20;1-9-4-5-11(14(19)20)6-12(9)13-10(2)17-15(18-13)16(3)7-21-8-16;11-10(6-13-7-10)9-3-1-8(5-12)2-4-9;/h4-10H,12-15H2,1-3H3,(H,29,30);4-6H,7-8H2,1-3H3,(H,17,18)(H,19,20);1-4,13H,6-7H2;1H. The second-order valence-electron chi connectivity index (χ2n) is 18.7. The largest absolute Gasteiger partial charge is 0.478 e. The van der Waals surface area contributed by atoms with Crippen LogP contribution >= 0.6 is 12.4 Å². The summed E-state index contributed by atoms with van der Waals surface area (Å²) in [6.45, 7) is 15.4. The molecule has 0 atom stereocenters. The lowest BCUT2D eigenvalue weighted by Crippen LogP contribution is -2.58. The molecule has 0 radical (unpaired) electrons. The van der Waals surface area contributed by atoms with Gasteiger partial charge in [-0.05, 0) is 112 Å². The minimum Gasteiger partial charge on any atom is -0.478 e. The van der Waals surface area contributed by atoms with E-state index in [2.05, 4.69) is 29.1 Å². The number of nitrogens with one attached hydrogen (secondary N) is 3. The van der Waals surface area contributed by atoms with Gasteiger partial charge in [0.15, 0.2) is 11.3 Å². The van der Waals surface area contributed by atoms with Crippen molar-refractivity contribution in [3.8, 4) is 34.7 Å². The Bertz CT molecular complexity index is 2940. The van der Waals surface area contributed by atoms with Gasteiger partial charge in [-0.2, -0.15) is 10.5 Å². The number of aromatic carboxylic acids is 1. The summed E-state index contributed by atoms with van der Waals surface area (Å²) in [5.74, 6) is 0.668. The van der Waals surface area contributed by atoms with E-state index in [0.29, 0.717) is 67.3 Å². The van der Waals surface area contributed by atoms with Crippen LogP contribution in [0.3, 0.4) is 0 Å². The molecule has 4 aliphatic rings. The Balaban J connectivity index is 0.000000167. The SMILES string of the molecule is Cc1ccc(C(=O)N2CC(F)(c3ccc(C#N)cc3)C2)cc1-c1nc(C2(C)COC2)[nH]c1C.Cc1ccc(C(=O)O)cc1-c1nc(C2(C)COC2)[nH]c1C.Cl.N#Cc1ccc(C2(F)CNC2)cc1. The summed E-state index contributed by atoms with van der Waals surface area (Å²) in [5.41, 5.74) is 7.32. The van der Waals surface area contributed by atoms with Crippen LogP contribution in [0.25, 0.3) is 22.5 Å². The highest BCUT2D eigenvalue weighted by molar-refractivity contribution is 5.96. The Morgan fingerprint density at radius 2 is 1.07 bits per heavy atom. The highest BCUT2D eigenvalue weighted by atomic mass is 35.5. The molecule has 10 rings (SSSR count). The Morgan fingerprint density at radius 3 is 1.44 bits per heavy atom. The van der Waals surface area contributed by atoms with E-state index in [0.717, 1.165) is 56.7 Å². The average Bonchev–Trinajstić information content (AvgIpc) is 3.88. The third-order valence-corrected chi connectivity index (χ3v) is 13.1. The first-order valence-electron chi connectivity index (χ1n) is 22.0. The molecular formula is C52H53ClF2N8O5. The number of halogens is 3. The van der Waals surface area contributed by atoms with E-state index in [4.69, 9.17) is 35.1 Å². The van der Waals surface area contributed by atoms with Gasteiger partial charge < -0.3 is 34.8 Å². The summed E-state index contributed by atoms with van der Waals surface area (Å²) in [7, 11) is 0. The molecule has 6 heterocycles. The van der Waals surface area contributed by atoms with E-state index in [-0.39, 0.29) is 47.8 Å². The van der Waals surface area contributed by atoms with Gasteiger partial charge in [0.05, 0.1) is 90.6 Å². The van der Waals surface area contributed by atoms with Crippen molar-refractivity contribution < 1.29 is 33.0 Å². The van der Waals surface area contributed by atoms with Crippen molar-refractivity contribution in [2.24, 2.45) is 0 Å². The van der Waals surface area contributed by atoms with Crippen LogP contribution in [0.1, 0.15) is 91.0 Å². The molecule has 1 amide bonds. The van der Waals surface area contributed by atoms with Crippen LogP contribution in [0.4, 0.5) is 8.78 Å². The van der Waals surface area contributed by atoms with Crippen molar-refractivity contribution in [2.45, 2.75) is 63.7 Å². The fourth-order valence-electron chi connectivity index (χ4n) is 8.43. The smallest absolute Gasteiger partial charge is 0.335 e. The number of hydrogen-bond donors (Lipinski definition) is 4. The van der Waals surface area contributed by atoms with Crippen molar-refractivity contribution in [3.05, 3.63) is 152 Å². The molecule has 0 bridgehead atoms. The van der Waals surface area contributed by atoms with Gasteiger partial charge in [0, 0.05) is 41.2 Å². The van der Waals surface area contributed by atoms with Crippen molar-refractivity contribution in [1.29, 1.82) is 10.5 Å². The van der Waals surface area contributed by atoms with Crippen LogP contribution in [0.15, 0.2) is 84.9 Å². The Hall–Kier alpha value is -6.75. The van der Waals surface area contributed by atoms with Crippen LogP contribution in [0.2, 0.25) is 0 Å². The number of hydrogen-bond acceptors (Lipinski definition) is 9. The monoisotopic (exact) mass is 942 g/mol. The van der Waals surface area contributed by atoms with Crippen LogP contribution in [-0.2, 0) is 31.6 Å². The van der Waals surface area contributed by atoms with Gasteiger partial charge in [0.25, 0.3) is 5.91 Å². The number of nitriles is 2. The first-order chi connectivity index (χ1) is 31.9. The zero-order valence-electron chi connectivity index (χ0n) is 38.7. The summed E-state index contributed by atoms with van der Waals surface area (Å²) in [6.07, 6.45) is 0. The van der Waals surface area contributed by atoms with E-state index >= 15 is 4.39 Å². The number of rotatable bonds is 8. The summed E-state index contributed by atoms with van der Waals surface area (Å²) < 4.78 is 39.7. The van der Waals surface area contributed by atoms with E-state index in [1.165, 1.54) is 4.90 Å². The molecule has 0 aliphatic carbocycles. The van der Waals surface area contributed by atoms with Crippen LogP contribution in [0, 0.1) is 50.4 Å². The van der Waals surface area contributed by atoms with Crippen LogP contribution in [-0.4, -0.2) is 94.4 Å². The van der Waals surface area contributed by atoms with Crippen LogP contribution in [0.5, 0.6) is 0 Å². The summed E-state index contributed by atoms with van der Waals surface area (Å²) in [5, 5.41) is 29.5.